The first-order valence-electron chi connectivity index (χ1n) is 3.89. The highest BCUT2D eigenvalue weighted by Gasteiger charge is 2.16. The van der Waals surface area contributed by atoms with Crippen molar-refractivity contribution in [2.45, 2.75) is 0 Å². The van der Waals surface area contributed by atoms with E-state index in [2.05, 4.69) is 47.6 Å². The molecule has 16 heavy (non-hydrogen) atoms. The van der Waals surface area contributed by atoms with Crippen LogP contribution in [0.4, 0.5) is 5.82 Å². The third-order valence-corrected chi connectivity index (χ3v) is 1.47. The van der Waals surface area contributed by atoms with Crippen LogP contribution in [0, 0.1) is 0 Å². The van der Waals surface area contributed by atoms with Gasteiger partial charge in [-0.1, -0.05) is 4.47 Å². The quantitative estimate of drug-likeness (QED) is 0.409. The molecule has 2 N–H and O–H groups in total. The molecule has 1 aromatic heterocycles. The van der Waals surface area contributed by atoms with Gasteiger partial charge in [-0.05, 0) is 20.8 Å². The summed E-state index contributed by atoms with van der Waals surface area (Å²) in [5.41, 5.74) is -0.307. The SMILES string of the molecule is CN(CNc1nonc1C(=O)O)/N=N\N=S. The third kappa shape index (κ3) is 3.20. The molecule has 0 fully saturated rings. The maximum absolute atomic E-state index is 10.6. The number of carbonyl (C=O) groups is 1. The van der Waals surface area contributed by atoms with Gasteiger partial charge in [-0.25, -0.2) is 9.42 Å². The lowest BCUT2D eigenvalue weighted by molar-refractivity contribution is 0.0685. The lowest BCUT2D eigenvalue weighted by atomic mass is 10.4. The number of anilines is 1. The molecular formula is C5H7N7O3S. The summed E-state index contributed by atoms with van der Waals surface area (Å²) < 4.78 is 7.27. The fourth-order valence-electron chi connectivity index (χ4n) is 0.750. The van der Waals surface area contributed by atoms with Crippen LogP contribution < -0.4 is 5.32 Å². The third-order valence-electron chi connectivity index (χ3n) is 1.40. The maximum atomic E-state index is 10.6. The second-order valence-electron chi connectivity index (χ2n) is 2.52. The van der Waals surface area contributed by atoms with Crippen LogP contribution in [0.3, 0.4) is 0 Å². The first kappa shape index (κ1) is 11.9. The molecule has 0 saturated carbocycles. The standard InChI is InChI=1S/C5H7N7O3S/c1-12(10-9-11-16)2-6-4-3(5(13)14)7-15-8-4/h2H2,1H3,(H,6,8)(H,13,14)/b10-9-. The smallest absolute Gasteiger partial charge is 0.362 e. The highest BCUT2D eigenvalue weighted by Crippen LogP contribution is 2.08. The number of nitrogens with zero attached hydrogens (tertiary/aromatic N) is 6. The number of carboxylic acid groups (broad SMARTS) is 1. The van der Waals surface area contributed by atoms with Gasteiger partial charge in [0.25, 0.3) is 0 Å². The van der Waals surface area contributed by atoms with E-state index >= 15 is 0 Å². The number of rotatable bonds is 6. The zero-order chi connectivity index (χ0) is 12.0. The van der Waals surface area contributed by atoms with Crippen LogP contribution in [0.25, 0.3) is 0 Å². The van der Waals surface area contributed by atoms with E-state index in [0.29, 0.717) is 0 Å². The zero-order valence-electron chi connectivity index (χ0n) is 8.06. The average Bonchev–Trinajstić information content (AvgIpc) is 2.71. The van der Waals surface area contributed by atoms with Gasteiger partial charge in [0.05, 0.1) is 12.4 Å². The van der Waals surface area contributed by atoms with E-state index in [-0.39, 0.29) is 18.2 Å². The fraction of sp³-hybridized carbons (Fsp3) is 0.400. The van der Waals surface area contributed by atoms with Crippen LogP contribution in [0.2, 0.25) is 0 Å². The molecule has 86 valence electrons. The molecule has 0 spiro atoms. The summed E-state index contributed by atoms with van der Waals surface area (Å²) in [7, 11) is 1.57. The molecular weight excluding hydrogens is 238 g/mol. The van der Waals surface area contributed by atoms with Gasteiger partial charge < -0.3 is 10.4 Å². The Kier molecular flexibility index (Phi) is 4.20. The first-order valence-corrected chi connectivity index (χ1v) is 4.25. The van der Waals surface area contributed by atoms with Crippen molar-refractivity contribution in [2.75, 3.05) is 19.0 Å². The summed E-state index contributed by atoms with van der Waals surface area (Å²) >= 11 is 4.19. The Balaban J connectivity index is 2.54. The monoisotopic (exact) mass is 245 g/mol. The Bertz CT molecular complexity index is 404. The minimum atomic E-state index is -1.24. The molecule has 0 bridgehead atoms. The van der Waals surface area contributed by atoms with Crippen molar-refractivity contribution in [1.82, 2.24) is 15.3 Å². The molecule has 0 aromatic carbocycles. The van der Waals surface area contributed by atoms with Gasteiger partial charge in [0.15, 0.2) is 0 Å². The van der Waals surface area contributed by atoms with Crippen LogP contribution in [0.5, 0.6) is 0 Å². The molecule has 11 heteroatoms. The number of aromatic nitrogens is 2. The van der Waals surface area contributed by atoms with Gasteiger partial charge >= 0.3 is 5.97 Å². The van der Waals surface area contributed by atoms with E-state index in [9.17, 15) is 4.79 Å². The van der Waals surface area contributed by atoms with E-state index in [1.807, 2.05) is 0 Å². The van der Waals surface area contributed by atoms with Crippen molar-refractivity contribution in [3.05, 3.63) is 5.69 Å². The van der Waals surface area contributed by atoms with Crippen molar-refractivity contribution >= 4 is 24.2 Å². The Morgan fingerprint density at radius 3 is 3.06 bits per heavy atom. The van der Waals surface area contributed by atoms with E-state index in [1.165, 1.54) is 5.01 Å². The highest BCUT2D eigenvalue weighted by molar-refractivity contribution is 7.47. The summed E-state index contributed by atoms with van der Waals surface area (Å²) in [6.07, 6.45) is 0. The molecule has 1 heterocycles. The second-order valence-corrected chi connectivity index (χ2v) is 2.68. The summed E-state index contributed by atoms with van der Waals surface area (Å²) in [6, 6.07) is 0. The molecule has 1 rings (SSSR count). The number of hydrogen-bond donors (Lipinski definition) is 2. The van der Waals surface area contributed by atoms with Gasteiger partial charge in [0.1, 0.15) is 6.67 Å². The minimum Gasteiger partial charge on any atom is -0.476 e. The van der Waals surface area contributed by atoms with E-state index in [0.717, 1.165) is 0 Å². The Labute approximate surface area is 94.4 Å². The largest absolute Gasteiger partial charge is 0.476 e. The average molecular weight is 245 g/mol. The second kappa shape index (κ2) is 5.65. The van der Waals surface area contributed by atoms with Gasteiger partial charge in [0, 0.05) is 7.05 Å². The molecule has 0 amide bonds. The minimum absolute atomic E-state index is 0.00450. The molecule has 0 aliphatic carbocycles. The van der Waals surface area contributed by atoms with Gasteiger partial charge in [0.2, 0.25) is 11.5 Å². The lowest BCUT2D eigenvalue weighted by Gasteiger charge is -2.10. The van der Waals surface area contributed by atoms with Gasteiger partial charge in [-0.15, -0.1) is 0 Å². The number of carboxylic acids is 1. The van der Waals surface area contributed by atoms with Crippen molar-refractivity contribution in [3.8, 4) is 0 Å². The van der Waals surface area contributed by atoms with Crippen LogP contribution in [-0.2, 0) is 12.4 Å². The molecule has 1 aromatic rings. The Hall–Kier alpha value is -2.17. The molecule has 0 aliphatic rings. The van der Waals surface area contributed by atoms with Crippen molar-refractivity contribution < 1.29 is 14.5 Å². The molecule has 0 unspecified atom stereocenters. The first-order chi connectivity index (χ1) is 7.65. The van der Waals surface area contributed by atoms with Crippen molar-refractivity contribution in [2.24, 2.45) is 14.9 Å². The fourth-order valence-corrected chi connectivity index (χ4v) is 0.783. The lowest BCUT2D eigenvalue weighted by Crippen LogP contribution is -2.20. The topological polar surface area (TPSA) is 129 Å². The van der Waals surface area contributed by atoms with E-state index in [1.54, 1.807) is 7.05 Å². The van der Waals surface area contributed by atoms with Gasteiger partial charge in [-0.3, -0.25) is 5.01 Å². The highest BCUT2D eigenvalue weighted by atomic mass is 32.1. The number of aromatic carboxylic acids is 1. The summed E-state index contributed by atoms with van der Waals surface area (Å²) in [5.74, 6) is -1.24. The maximum Gasteiger partial charge on any atom is 0.362 e. The molecule has 10 nitrogen and oxygen atoms in total. The predicted octanol–water partition coefficient (Wildman–Crippen LogP) is 0.0817. The number of nitrogens with one attached hydrogen (secondary N) is 1. The molecule has 0 aliphatic heterocycles. The molecule has 0 saturated heterocycles. The van der Waals surface area contributed by atoms with Crippen LogP contribution in [-0.4, -0.2) is 40.1 Å². The summed E-state index contributed by atoms with van der Waals surface area (Å²) in [5, 5.41) is 25.9. The van der Waals surface area contributed by atoms with Crippen LogP contribution in [0.1, 0.15) is 10.5 Å². The molecule has 0 atom stereocenters. The normalized spacial score (nSPS) is 10.3. The zero-order valence-corrected chi connectivity index (χ0v) is 8.88. The Morgan fingerprint density at radius 1 is 1.69 bits per heavy atom. The van der Waals surface area contributed by atoms with E-state index in [4.69, 9.17) is 5.11 Å². The van der Waals surface area contributed by atoms with E-state index < -0.39 is 5.97 Å². The van der Waals surface area contributed by atoms with Gasteiger partial charge in [-0.2, -0.15) is 0 Å². The summed E-state index contributed by atoms with van der Waals surface area (Å²) in [4.78, 5) is 10.6. The molecule has 0 radical (unpaired) electrons. The van der Waals surface area contributed by atoms with Crippen molar-refractivity contribution in [1.29, 1.82) is 0 Å². The van der Waals surface area contributed by atoms with Crippen molar-refractivity contribution in [3.63, 3.8) is 0 Å². The Morgan fingerprint density at radius 2 is 2.44 bits per heavy atom. The summed E-state index contributed by atoms with van der Waals surface area (Å²) in [6.45, 7) is 0.142. The van der Waals surface area contributed by atoms with Crippen LogP contribution in [0.15, 0.2) is 19.5 Å². The van der Waals surface area contributed by atoms with Crippen LogP contribution >= 0.6 is 0 Å². The number of hydrogen-bond acceptors (Lipinski definition) is 7. The predicted molar refractivity (Wildman–Crippen MR) is 52.2 cm³/mol.